The van der Waals surface area contributed by atoms with Gasteiger partial charge < -0.3 is 106 Å². The normalized spacial score (nSPS) is 16.2. The molecule has 1 aromatic heterocycles. The van der Waals surface area contributed by atoms with Gasteiger partial charge in [0.25, 0.3) is 0 Å². The summed E-state index contributed by atoms with van der Waals surface area (Å²) in [4.78, 5) is 217. The molecule has 0 bridgehead atoms. The summed E-state index contributed by atoms with van der Waals surface area (Å²) < 4.78 is 0. The molecule has 1 aliphatic heterocycles. The first-order chi connectivity index (χ1) is 48.5. The topological polar surface area (TPSA) is 567 Å². The zero-order chi connectivity index (χ0) is 77.5. The Kier molecular flexibility index (Phi) is 37.4. The quantitative estimate of drug-likeness (QED) is 0.0275. The van der Waals surface area contributed by atoms with Crippen LogP contribution in [0.2, 0.25) is 0 Å². The van der Waals surface area contributed by atoms with Crippen LogP contribution >= 0.6 is 25.3 Å². The van der Waals surface area contributed by atoms with Gasteiger partial charge in [-0.05, 0) is 87.3 Å². The summed E-state index contributed by atoms with van der Waals surface area (Å²) in [7, 11) is 0. The maximum atomic E-state index is 14.1. The highest BCUT2D eigenvalue weighted by Crippen LogP contribution is 2.23. The molecule has 0 radical (unpaired) electrons. The maximum Gasteiger partial charge on any atom is 0.326 e. The number of nitrogens with one attached hydrogen (secondary N) is 14. The first kappa shape index (κ1) is 88.1. The molecule has 15 amide bonds. The summed E-state index contributed by atoms with van der Waals surface area (Å²) in [5, 5.41) is 52.5. The number of aromatic nitrogens is 1. The molecule has 1 aliphatic rings. The van der Waals surface area contributed by atoms with Crippen molar-refractivity contribution in [2.45, 2.75) is 186 Å². The molecular formula is C65H104N18O18S2. The Morgan fingerprint density at radius 3 is 1.64 bits per heavy atom. The van der Waals surface area contributed by atoms with E-state index in [1.165, 1.54) is 32.6 Å². The van der Waals surface area contributed by atoms with Crippen molar-refractivity contribution in [1.29, 1.82) is 0 Å². The number of para-hydroxylation sites is 1. The van der Waals surface area contributed by atoms with Crippen LogP contribution in [0.5, 0.6) is 0 Å². The lowest BCUT2D eigenvalue weighted by molar-refractivity contribution is -0.145. The average molecular weight is 1490 g/mol. The van der Waals surface area contributed by atoms with Crippen molar-refractivity contribution in [3.05, 3.63) is 36.0 Å². The molecule has 0 aliphatic carbocycles. The molecule has 1 saturated heterocycles. The van der Waals surface area contributed by atoms with Gasteiger partial charge in [-0.25, -0.2) is 4.79 Å². The van der Waals surface area contributed by atoms with E-state index in [1.54, 1.807) is 33.9 Å². The number of primary amides is 1. The van der Waals surface area contributed by atoms with Crippen molar-refractivity contribution in [2.75, 3.05) is 50.8 Å². The molecule has 1 fully saturated rings. The Labute approximate surface area is 608 Å². The summed E-state index contributed by atoms with van der Waals surface area (Å²) in [5.74, 6) is -17.3. The minimum absolute atomic E-state index is 0.0702. The highest BCUT2D eigenvalue weighted by Gasteiger charge is 2.42. The second-order valence-electron chi connectivity index (χ2n) is 26.3. The smallest absolute Gasteiger partial charge is 0.326 e. The van der Waals surface area contributed by atoms with E-state index in [9.17, 15) is 86.9 Å². The Morgan fingerprint density at radius 1 is 0.583 bits per heavy atom. The molecule has 13 atom stereocenters. The number of nitrogens with two attached hydrogens (primary N) is 3. The lowest BCUT2D eigenvalue weighted by atomic mass is 9.97. The number of likely N-dealkylation sites (tertiary alicyclic amines) is 1. The Bertz CT molecular complexity index is 3320. The number of aliphatic hydroxyl groups excluding tert-OH is 1. The van der Waals surface area contributed by atoms with E-state index in [2.05, 4.69) is 99.4 Å². The van der Waals surface area contributed by atoms with Gasteiger partial charge in [0.1, 0.15) is 60.4 Å². The molecule has 574 valence electrons. The van der Waals surface area contributed by atoms with Gasteiger partial charge in [0, 0.05) is 35.2 Å². The highest BCUT2D eigenvalue weighted by molar-refractivity contribution is 7.80. The van der Waals surface area contributed by atoms with Crippen LogP contribution in [0.3, 0.4) is 0 Å². The van der Waals surface area contributed by atoms with Gasteiger partial charge in [-0.2, -0.15) is 25.3 Å². The number of carboxylic acids is 1. The van der Waals surface area contributed by atoms with Gasteiger partial charge in [0.05, 0.1) is 44.7 Å². The fourth-order valence-electron chi connectivity index (χ4n) is 10.7. The number of H-pyrrole nitrogens is 1. The van der Waals surface area contributed by atoms with Gasteiger partial charge in [0.2, 0.25) is 88.6 Å². The Hall–Kier alpha value is -9.14. The van der Waals surface area contributed by atoms with Crippen LogP contribution in [-0.4, -0.2) is 238 Å². The van der Waals surface area contributed by atoms with Crippen LogP contribution in [-0.2, 0) is 83.1 Å². The predicted molar refractivity (Wildman–Crippen MR) is 382 cm³/mol. The van der Waals surface area contributed by atoms with Gasteiger partial charge in [-0.15, -0.1) is 0 Å². The lowest BCUT2D eigenvalue weighted by Gasteiger charge is -2.32. The van der Waals surface area contributed by atoms with Crippen LogP contribution in [0.4, 0.5) is 0 Å². The number of nitrogens with zero attached hydrogens (tertiary/aromatic N) is 1. The number of aliphatic hydroxyl groups is 1. The number of benzene rings is 1. The van der Waals surface area contributed by atoms with Crippen LogP contribution in [0, 0.1) is 23.7 Å². The van der Waals surface area contributed by atoms with Gasteiger partial charge in [0.15, 0.2) is 0 Å². The number of carbonyl (C=O) groups is 16. The molecule has 0 unspecified atom stereocenters. The minimum Gasteiger partial charge on any atom is -0.480 e. The number of hydrogen-bond donors (Lipinski definition) is 21. The molecule has 103 heavy (non-hydrogen) atoms. The number of rotatable bonds is 44. The van der Waals surface area contributed by atoms with Crippen LogP contribution < -0.4 is 86.3 Å². The standard InChI is InChI=1S/C65H104N18O18S2/c1-10-34(8)53(64(99)83-20-14-18-45(83)60(95)76-40(65(100)101)17-13-19-66)82-58(93)43(29-102)75-49(88)28-73-61(96)51(32(4)5)80-57(92)42(23-46(68)85)77-62(97)52(33(6)7)81-59(94)44(30-103)78-63(98)54(35(9)84)79-50(89)26-70-47(86)25-72-56(91)41(21-31(2)3)74-48(87)27-71-55(90)38(67)22-36-24-69-39-16-12-11-15-37(36)39/h11-12,15-16,24,31-35,38,40-45,51-54,69,84,102-103H,10,13-14,17-23,25-30,66-67H2,1-9H3,(H2,68,85)(H,70,86)(H,71,90)(H,72,91)(H,73,96)(H,74,87)(H,75,88)(H,76,95)(H,77,97)(H,78,98)(H,79,89)(H,80,92)(H,81,94)(H,82,93)(H,100,101)/t34-,35+,38-,40-,41-,42-,43-,44-,45-,51-,52-,53-,54-/m0/s1. The molecule has 0 saturated carbocycles. The number of hydrogen-bond acceptors (Lipinski definition) is 21. The number of thiol groups is 2. The Morgan fingerprint density at radius 2 is 1.09 bits per heavy atom. The summed E-state index contributed by atoms with van der Waals surface area (Å²) in [6, 6.07) is -7.52. The number of carbonyl (C=O) groups excluding carboxylic acids is 15. The second kappa shape index (κ2) is 43.7. The van der Waals surface area contributed by atoms with E-state index in [0.29, 0.717) is 19.3 Å². The SMILES string of the molecule is CC[C@H](C)[C@H](NC(=O)[C@H](CS)NC(=O)CNC(=O)[C@@H](NC(=O)[C@H](CC(N)=O)NC(=O)[C@@H](NC(=O)[C@H](CS)NC(=O)[C@@H](NC(=O)CNC(=O)CNC(=O)[C@H](CC(C)C)NC(=O)CNC(=O)[C@@H](N)Cc1c[nH]c2ccccc12)[C@@H](C)O)C(C)C)C(C)C)C(=O)N1CCC[C@H]1C(=O)N[C@@H](CCCN)C(=O)O. The molecular weight excluding hydrogens is 1380 g/mol. The number of amides is 15. The third kappa shape index (κ3) is 28.9. The van der Waals surface area contributed by atoms with Crippen molar-refractivity contribution < 1.29 is 86.9 Å². The molecule has 3 rings (SSSR count). The predicted octanol–water partition coefficient (Wildman–Crippen LogP) is -5.80. The fraction of sp³-hybridized carbons (Fsp3) is 0.631. The van der Waals surface area contributed by atoms with Crippen LogP contribution in [0.25, 0.3) is 10.9 Å². The zero-order valence-electron chi connectivity index (χ0n) is 59.4. The van der Waals surface area contributed by atoms with E-state index in [1.807, 2.05) is 24.3 Å². The molecule has 38 heteroatoms. The second-order valence-corrected chi connectivity index (χ2v) is 27.0. The van der Waals surface area contributed by atoms with Crippen molar-refractivity contribution in [3.63, 3.8) is 0 Å². The molecule has 22 N–H and O–H groups in total. The van der Waals surface area contributed by atoms with Gasteiger partial charge in [-0.1, -0.05) is 80.0 Å². The van der Waals surface area contributed by atoms with Crippen LogP contribution in [0.1, 0.15) is 113 Å². The summed E-state index contributed by atoms with van der Waals surface area (Å²) in [5.41, 5.74) is 18.8. The Balaban J connectivity index is 1.57. The van der Waals surface area contributed by atoms with E-state index in [0.717, 1.165) is 23.4 Å². The summed E-state index contributed by atoms with van der Waals surface area (Å²) in [6.45, 7) is 11.8. The largest absolute Gasteiger partial charge is 0.480 e. The molecule has 1 aromatic carbocycles. The number of aromatic amines is 1. The van der Waals surface area contributed by atoms with Crippen molar-refractivity contribution >= 4 is 131 Å². The van der Waals surface area contributed by atoms with Crippen molar-refractivity contribution in [3.8, 4) is 0 Å². The number of carboxylic acid groups (broad SMARTS) is 1. The average Bonchev–Trinajstić information content (AvgIpc) is 1.74. The maximum absolute atomic E-state index is 14.1. The molecule has 0 spiro atoms. The number of aliphatic carboxylic acids is 1. The minimum atomic E-state index is -1.77. The van der Waals surface area contributed by atoms with E-state index < -0.39 is 223 Å². The number of fused-ring (bicyclic) bond motifs is 1. The summed E-state index contributed by atoms with van der Waals surface area (Å²) >= 11 is 8.39. The third-order valence-electron chi connectivity index (χ3n) is 16.7. The summed E-state index contributed by atoms with van der Waals surface area (Å²) in [6.07, 6.45) is 1.06. The molecule has 2 aromatic rings. The first-order valence-electron chi connectivity index (χ1n) is 34.0. The lowest BCUT2D eigenvalue weighted by Crippen LogP contribution is -2.62. The van der Waals surface area contributed by atoms with Crippen LogP contribution in [0.15, 0.2) is 30.5 Å². The molecule has 36 nitrogen and oxygen atoms in total. The third-order valence-corrected chi connectivity index (χ3v) is 17.4. The van der Waals surface area contributed by atoms with E-state index in [4.69, 9.17) is 17.2 Å². The monoisotopic (exact) mass is 1490 g/mol. The zero-order valence-corrected chi connectivity index (χ0v) is 61.2. The van der Waals surface area contributed by atoms with Gasteiger partial charge >= 0.3 is 5.97 Å². The van der Waals surface area contributed by atoms with E-state index in [-0.39, 0.29) is 50.4 Å². The van der Waals surface area contributed by atoms with Gasteiger partial charge in [-0.3, -0.25) is 71.9 Å². The highest BCUT2D eigenvalue weighted by atomic mass is 32.1. The van der Waals surface area contributed by atoms with Crippen molar-refractivity contribution in [2.24, 2.45) is 40.9 Å². The van der Waals surface area contributed by atoms with E-state index >= 15 is 0 Å². The first-order valence-corrected chi connectivity index (χ1v) is 35.3. The van der Waals surface area contributed by atoms with Crippen molar-refractivity contribution in [1.82, 2.24) is 79.0 Å². The molecule has 2 heterocycles. The fourth-order valence-corrected chi connectivity index (χ4v) is 11.2.